The molecule has 1 aromatic rings. The summed E-state index contributed by atoms with van der Waals surface area (Å²) < 4.78 is 2.00. The fraction of sp³-hybridized carbons (Fsp3) is 0.800. The fourth-order valence-corrected chi connectivity index (χ4v) is 3.90. The van der Waals surface area contributed by atoms with Crippen LogP contribution in [0.1, 0.15) is 44.7 Å². The Balaban J connectivity index is 1.76. The van der Waals surface area contributed by atoms with Gasteiger partial charge in [0.25, 0.3) is 0 Å². The fourth-order valence-electron chi connectivity index (χ4n) is 3.90. The summed E-state index contributed by atoms with van der Waals surface area (Å²) in [6, 6.07) is 2.01. The molecule has 20 heavy (non-hydrogen) atoms. The van der Waals surface area contributed by atoms with E-state index in [4.69, 9.17) is 5.73 Å². The second kappa shape index (κ2) is 5.28. The number of nitrogens with zero attached hydrogens (tertiary/aromatic N) is 3. The molecule has 2 fully saturated rings. The van der Waals surface area contributed by atoms with Crippen molar-refractivity contribution >= 4 is 11.5 Å². The first-order valence-electron chi connectivity index (χ1n) is 7.91. The van der Waals surface area contributed by atoms with Gasteiger partial charge >= 0.3 is 0 Å². The van der Waals surface area contributed by atoms with Crippen LogP contribution in [-0.2, 0) is 6.54 Å². The third-order valence-corrected chi connectivity index (χ3v) is 5.15. The Kier molecular flexibility index (Phi) is 3.63. The molecule has 0 aliphatic carbocycles. The lowest BCUT2D eigenvalue weighted by atomic mass is 9.82. The van der Waals surface area contributed by atoms with Crippen LogP contribution < -0.4 is 11.1 Å². The van der Waals surface area contributed by atoms with Gasteiger partial charge in [-0.05, 0) is 46.6 Å². The Morgan fingerprint density at radius 3 is 2.55 bits per heavy atom. The zero-order chi connectivity index (χ0) is 14.3. The van der Waals surface area contributed by atoms with Crippen molar-refractivity contribution in [3.63, 3.8) is 0 Å². The third kappa shape index (κ3) is 2.28. The average molecular weight is 277 g/mol. The molecule has 0 aromatic carbocycles. The van der Waals surface area contributed by atoms with Crippen LogP contribution in [0.4, 0.5) is 11.5 Å². The van der Waals surface area contributed by atoms with Gasteiger partial charge in [0.1, 0.15) is 5.82 Å². The van der Waals surface area contributed by atoms with Gasteiger partial charge in [-0.1, -0.05) is 6.42 Å². The highest BCUT2D eigenvalue weighted by Gasteiger charge is 2.36. The zero-order valence-corrected chi connectivity index (χ0v) is 12.9. The largest absolute Gasteiger partial charge is 0.394 e. The van der Waals surface area contributed by atoms with E-state index in [0.29, 0.717) is 6.04 Å². The van der Waals surface area contributed by atoms with Gasteiger partial charge in [-0.25, -0.2) is 4.68 Å². The quantitative estimate of drug-likeness (QED) is 0.889. The summed E-state index contributed by atoms with van der Waals surface area (Å²) in [5, 5.41) is 8.19. The van der Waals surface area contributed by atoms with Gasteiger partial charge in [0, 0.05) is 24.7 Å². The van der Waals surface area contributed by atoms with E-state index in [-0.39, 0.29) is 0 Å². The molecule has 2 aliphatic heterocycles. The number of aromatic nitrogens is 2. The molecule has 2 saturated heterocycles. The van der Waals surface area contributed by atoms with E-state index in [1.165, 1.54) is 32.1 Å². The number of hydrogen-bond donors (Lipinski definition) is 2. The van der Waals surface area contributed by atoms with Crippen LogP contribution in [0.2, 0.25) is 0 Å². The molecule has 0 radical (unpaired) electrons. The van der Waals surface area contributed by atoms with E-state index in [0.717, 1.165) is 35.8 Å². The van der Waals surface area contributed by atoms with Crippen LogP contribution in [0.3, 0.4) is 0 Å². The maximum Gasteiger partial charge on any atom is 0.148 e. The molecule has 2 unspecified atom stereocenters. The Labute approximate surface area is 121 Å². The lowest BCUT2D eigenvalue weighted by Gasteiger charge is -2.47. The first-order valence-corrected chi connectivity index (χ1v) is 7.91. The summed E-state index contributed by atoms with van der Waals surface area (Å²) in [5.41, 5.74) is 7.93. The summed E-state index contributed by atoms with van der Waals surface area (Å²) >= 11 is 0. The first kappa shape index (κ1) is 13.7. The molecule has 3 N–H and O–H groups in total. The summed E-state index contributed by atoms with van der Waals surface area (Å²) in [5.74, 6) is 1.03. The van der Waals surface area contributed by atoms with Crippen molar-refractivity contribution in [1.29, 1.82) is 0 Å². The van der Waals surface area contributed by atoms with Crippen molar-refractivity contribution in [3.8, 4) is 0 Å². The molecule has 0 spiro atoms. The maximum atomic E-state index is 6.18. The number of hydrogen-bond acceptors (Lipinski definition) is 4. The third-order valence-electron chi connectivity index (χ3n) is 5.15. The molecular formula is C15H27N5. The van der Waals surface area contributed by atoms with Crippen molar-refractivity contribution < 1.29 is 0 Å². The van der Waals surface area contributed by atoms with Gasteiger partial charge in [0.05, 0.1) is 11.4 Å². The molecule has 3 heterocycles. The number of aryl methyl sites for hydroxylation is 2. The van der Waals surface area contributed by atoms with Crippen molar-refractivity contribution in [3.05, 3.63) is 5.69 Å². The molecule has 0 amide bonds. The number of nitrogens with two attached hydrogens (primary N) is 1. The van der Waals surface area contributed by atoms with Gasteiger partial charge in [-0.2, -0.15) is 5.10 Å². The van der Waals surface area contributed by atoms with Crippen LogP contribution >= 0.6 is 0 Å². The van der Waals surface area contributed by atoms with Crippen LogP contribution in [0, 0.1) is 6.92 Å². The van der Waals surface area contributed by atoms with E-state index >= 15 is 0 Å². The van der Waals surface area contributed by atoms with Gasteiger partial charge in [0.2, 0.25) is 0 Å². The standard InChI is InChI=1S/C15H27N5/c1-4-20-15(14(16)10(2)18-20)17-11-8-12-6-5-7-13(9-11)19(12)3/h11-13,17H,4-9,16H2,1-3H3. The monoisotopic (exact) mass is 277 g/mol. The minimum Gasteiger partial charge on any atom is -0.394 e. The normalized spacial score (nSPS) is 30.4. The molecule has 0 saturated carbocycles. The van der Waals surface area contributed by atoms with Crippen molar-refractivity contribution in [2.75, 3.05) is 18.1 Å². The molecule has 5 heteroatoms. The second-order valence-electron chi connectivity index (χ2n) is 6.38. The number of rotatable bonds is 3. The van der Waals surface area contributed by atoms with Crippen LogP contribution in [0.5, 0.6) is 0 Å². The molecule has 5 nitrogen and oxygen atoms in total. The smallest absolute Gasteiger partial charge is 0.148 e. The van der Waals surface area contributed by atoms with Crippen LogP contribution in [0.25, 0.3) is 0 Å². The SMILES string of the molecule is CCn1nc(C)c(N)c1NC1CC2CCCC(C1)N2C. The Bertz CT molecular complexity index is 467. The lowest BCUT2D eigenvalue weighted by Crippen LogP contribution is -2.53. The summed E-state index contributed by atoms with van der Waals surface area (Å²) in [4.78, 5) is 2.59. The van der Waals surface area contributed by atoms with E-state index < -0.39 is 0 Å². The van der Waals surface area contributed by atoms with Crippen molar-refractivity contribution in [1.82, 2.24) is 14.7 Å². The van der Waals surface area contributed by atoms with E-state index in [2.05, 4.69) is 29.3 Å². The molecular weight excluding hydrogens is 250 g/mol. The second-order valence-corrected chi connectivity index (χ2v) is 6.38. The predicted molar refractivity (Wildman–Crippen MR) is 82.9 cm³/mol. The summed E-state index contributed by atoms with van der Waals surface area (Å²) in [6.07, 6.45) is 6.51. The van der Waals surface area contributed by atoms with Crippen LogP contribution in [-0.4, -0.2) is 39.9 Å². The van der Waals surface area contributed by atoms with Crippen LogP contribution in [0.15, 0.2) is 0 Å². The predicted octanol–water partition coefficient (Wildman–Crippen LogP) is 2.22. The van der Waals surface area contributed by atoms with Gasteiger partial charge in [-0.15, -0.1) is 0 Å². The minimum absolute atomic E-state index is 0.533. The first-order chi connectivity index (χ1) is 9.60. The topological polar surface area (TPSA) is 59.1 Å². The minimum atomic E-state index is 0.533. The van der Waals surface area contributed by atoms with Crippen molar-refractivity contribution in [2.45, 2.75) is 70.6 Å². The highest BCUT2D eigenvalue weighted by molar-refractivity contribution is 5.65. The highest BCUT2D eigenvalue weighted by atomic mass is 15.3. The average Bonchev–Trinajstić information content (AvgIpc) is 2.67. The molecule has 112 valence electrons. The Morgan fingerprint density at radius 2 is 1.95 bits per heavy atom. The Hall–Kier alpha value is -1.23. The number of nitrogens with one attached hydrogen (secondary N) is 1. The molecule has 2 atom stereocenters. The highest BCUT2D eigenvalue weighted by Crippen LogP contribution is 2.35. The summed E-state index contributed by atoms with van der Waals surface area (Å²) in [6.45, 7) is 4.95. The van der Waals surface area contributed by atoms with Gasteiger partial charge in [0.15, 0.2) is 0 Å². The number of nitrogen functional groups attached to an aromatic ring is 1. The molecule has 2 aliphatic rings. The number of anilines is 2. The lowest BCUT2D eigenvalue weighted by molar-refractivity contribution is 0.0607. The number of fused-ring (bicyclic) bond motifs is 2. The van der Waals surface area contributed by atoms with Gasteiger partial charge in [-0.3, -0.25) is 0 Å². The van der Waals surface area contributed by atoms with E-state index in [9.17, 15) is 0 Å². The van der Waals surface area contributed by atoms with E-state index in [1.54, 1.807) is 0 Å². The molecule has 1 aromatic heterocycles. The van der Waals surface area contributed by atoms with Crippen molar-refractivity contribution in [2.24, 2.45) is 0 Å². The maximum absolute atomic E-state index is 6.18. The molecule has 3 rings (SSSR count). The zero-order valence-electron chi connectivity index (χ0n) is 12.9. The summed E-state index contributed by atoms with van der Waals surface area (Å²) in [7, 11) is 2.29. The van der Waals surface area contributed by atoms with E-state index in [1.807, 2.05) is 11.6 Å². The Morgan fingerprint density at radius 1 is 1.30 bits per heavy atom. The molecule has 2 bridgehead atoms. The number of piperidine rings is 2. The van der Waals surface area contributed by atoms with Gasteiger partial charge < -0.3 is 16.0 Å².